The van der Waals surface area contributed by atoms with Gasteiger partial charge in [-0.15, -0.1) is 0 Å². The van der Waals surface area contributed by atoms with Gasteiger partial charge in [-0.05, 0) is 18.4 Å². The predicted molar refractivity (Wildman–Crippen MR) is 110 cm³/mol. The number of aliphatic hydroxyl groups is 1. The highest BCUT2D eigenvalue weighted by atomic mass is 16.5. The van der Waals surface area contributed by atoms with Crippen LogP contribution in [0.25, 0.3) is 0 Å². The van der Waals surface area contributed by atoms with E-state index in [0.29, 0.717) is 6.61 Å². The topological polar surface area (TPSA) is 83.7 Å². The molecule has 1 atom stereocenters. The van der Waals surface area contributed by atoms with Gasteiger partial charge in [-0.25, -0.2) is 4.98 Å². The smallest absolute Gasteiger partial charge is 0.191 e. The summed E-state index contributed by atoms with van der Waals surface area (Å²) in [4.78, 5) is 8.81. The minimum atomic E-state index is -0.00168. The highest BCUT2D eigenvalue weighted by molar-refractivity contribution is 5.79. The van der Waals surface area contributed by atoms with Crippen LogP contribution in [0.2, 0.25) is 0 Å². The Labute approximate surface area is 166 Å². The van der Waals surface area contributed by atoms with Crippen molar-refractivity contribution < 1.29 is 9.84 Å². The fraction of sp³-hybridized carbons (Fsp3) is 0.524. The van der Waals surface area contributed by atoms with Gasteiger partial charge in [-0.1, -0.05) is 30.3 Å². The Bertz CT molecular complexity index is 738. The summed E-state index contributed by atoms with van der Waals surface area (Å²) in [5.74, 6) is 1.82. The number of nitrogens with zero attached hydrogens (tertiary/aromatic N) is 3. The molecule has 1 aliphatic rings. The molecular weight excluding hydrogens is 354 g/mol. The summed E-state index contributed by atoms with van der Waals surface area (Å²) in [6, 6.07) is 10.4. The number of ether oxygens (including phenoxy) is 1. The van der Waals surface area contributed by atoms with Gasteiger partial charge in [0.1, 0.15) is 5.82 Å². The molecule has 0 bridgehead atoms. The molecule has 1 unspecified atom stereocenters. The average molecular weight is 386 g/mol. The summed E-state index contributed by atoms with van der Waals surface area (Å²) in [6.45, 7) is 3.95. The quantitative estimate of drug-likeness (QED) is 0.449. The van der Waals surface area contributed by atoms with Crippen molar-refractivity contribution in [3.8, 4) is 0 Å². The van der Waals surface area contributed by atoms with Crippen LogP contribution in [0.5, 0.6) is 0 Å². The van der Waals surface area contributed by atoms with Gasteiger partial charge < -0.3 is 25.0 Å². The number of guanidine groups is 1. The van der Waals surface area contributed by atoms with E-state index in [2.05, 4.69) is 49.4 Å². The van der Waals surface area contributed by atoms with Crippen molar-refractivity contribution in [1.29, 1.82) is 0 Å². The van der Waals surface area contributed by atoms with E-state index in [1.807, 2.05) is 18.5 Å². The van der Waals surface area contributed by atoms with Crippen molar-refractivity contribution in [3.63, 3.8) is 0 Å². The third-order valence-electron chi connectivity index (χ3n) is 5.32. The molecule has 7 heteroatoms. The SMILES string of the molecule is CN=C(NCCc1nccn1Cc1ccccc1)NCC1(CCO)CCOC1. The Hall–Kier alpha value is -2.38. The largest absolute Gasteiger partial charge is 0.396 e. The Morgan fingerprint density at radius 3 is 2.89 bits per heavy atom. The maximum absolute atomic E-state index is 9.35. The third kappa shape index (κ3) is 5.56. The first-order valence-electron chi connectivity index (χ1n) is 9.92. The molecule has 0 radical (unpaired) electrons. The lowest BCUT2D eigenvalue weighted by Gasteiger charge is -2.27. The lowest BCUT2D eigenvalue weighted by atomic mass is 9.84. The van der Waals surface area contributed by atoms with Crippen molar-refractivity contribution >= 4 is 5.96 Å². The van der Waals surface area contributed by atoms with Gasteiger partial charge in [0.2, 0.25) is 0 Å². The molecule has 1 saturated heterocycles. The fourth-order valence-electron chi connectivity index (χ4n) is 3.59. The predicted octanol–water partition coefficient (Wildman–Crippen LogP) is 1.43. The standard InChI is InChI=1S/C21H31N5O2/c1-22-20(25-16-21(8-13-27)9-14-28-17-21)24-10-7-19-23-11-12-26(19)15-18-5-3-2-4-6-18/h2-6,11-12,27H,7-10,13-17H2,1H3,(H2,22,24,25). The van der Waals surface area contributed by atoms with Crippen LogP contribution in [0.3, 0.4) is 0 Å². The fourth-order valence-corrected chi connectivity index (χ4v) is 3.59. The van der Waals surface area contributed by atoms with Gasteiger partial charge in [0, 0.05) is 64.1 Å². The van der Waals surface area contributed by atoms with Gasteiger partial charge in [0.15, 0.2) is 5.96 Å². The highest BCUT2D eigenvalue weighted by Gasteiger charge is 2.34. The number of imidazole rings is 1. The zero-order chi connectivity index (χ0) is 19.7. The number of aliphatic imine (C=N–C) groups is 1. The number of hydrogen-bond acceptors (Lipinski definition) is 4. The van der Waals surface area contributed by atoms with E-state index in [1.165, 1.54) is 5.56 Å². The van der Waals surface area contributed by atoms with Crippen LogP contribution >= 0.6 is 0 Å². The molecule has 2 aromatic rings. The van der Waals surface area contributed by atoms with Crippen LogP contribution in [0.15, 0.2) is 47.7 Å². The Morgan fingerprint density at radius 1 is 1.32 bits per heavy atom. The maximum Gasteiger partial charge on any atom is 0.191 e. The summed E-state index contributed by atoms with van der Waals surface area (Å²) in [7, 11) is 1.77. The van der Waals surface area contributed by atoms with Crippen LogP contribution in [-0.4, -0.2) is 60.6 Å². The first-order chi connectivity index (χ1) is 13.7. The molecule has 28 heavy (non-hydrogen) atoms. The zero-order valence-corrected chi connectivity index (χ0v) is 16.6. The molecule has 1 aromatic heterocycles. The first-order valence-corrected chi connectivity index (χ1v) is 9.92. The summed E-state index contributed by atoms with van der Waals surface area (Å²) < 4.78 is 7.73. The molecule has 0 spiro atoms. The van der Waals surface area contributed by atoms with E-state index < -0.39 is 0 Å². The summed E-state index contributed by atoms with van der Waals surface area (Å²) in [6.07, 6.45) is 6.39. The number of aromatic nitrogens is 2. The molecule has 0 saturated carbocycles. The molecular formula is C21H31N5O2. The lowest BCUT2D eigenvalue weighted by Crippen LogP contribution is -2.45. The molecule has 0 aliphatic carbocycles. The van der Waals surface area contributed by atoms with Gasteiger partial charge in [-0.2, -0.15) is 0 Å². The van der Waals surface area contributed by atoms with Crippen LogP contribution in [0, 0.1) is 5.41 Å². The van der Waals surface area contributed by atoms with Crippen LogP contribution in [-0.2, 0) is 17.7 Å². The van der Waals surface area contributed by atoms with E-state index in [-0.39, 0.29) is 12.0 Å². The monoisotopic (exact) mass is 385 g/mol. The van der Waals surface area contributed by atoms with E-state index >= 15 is 0 Å². The first kappa shape index (κ1) is 20.4. The number of hydrogen-bond donors (Lipinski definition) is 3. The molecule has 3 rings (SSSR count). The van der Waals surface area contributed by atoms with Crippen LogP contribution in [0.4, 0.5) is 0 Å². The highest BCUT2D eigenvalue weighted by Crippen LogP contribution is 2.31. The second-order valence-electron chi connectivity index (χ2n) is 7.34. The van der Waals surface area contributed by atoms with E-state index in [0.717, 1.165) is 57.3 Å². The van der Waals surface area contributed by atoms with Gasteiger partial charge in [0.05, 0.1) is 6.61 Å². The molecule has 7 nitrogen and oxygen atoms in total. The van der Waals surface area contributed by atoms with Gasteiger partial charge >= 0.3 is 0 Å². The molecule has 152 valence electrons. The number of aliphatic hydroxyl groups excluding tert-OH is 1. The Balaban J connectivity index is 1.47. The van der Waals surface area contributed by atoms with Crippen LogP contribution < -0.4 is 10.6 Å². The number of benzene rings is 1. The normalized spacial score (nSPS) is 19.7. The van der Waals surface area contributed by atoms with Crippen molar-refractivity contribution in [2.45, 2.75) is 25.8 Å². The molecule has 1 aromatic carbocycles. The van der Waals surface area contributed by atoms with Crippen LogP contribution in [0.1, 0.15) is 24.2 Å². The number of rotatable bonds is 9. The van der Waals surface area contributed by atoms with Crippen molar-refractivity contribution in [2.24, 2.45) is 10.4 Å². The molecule has 2 heterocycles. The Morgan fingerprint density at radius 2 is 2.18 bits per heavy atom. The Kier molecular flexibility index (Phi) is 7.45. The van der Waals surface area contributed by atoms with Crippen molar-refractivity contribution in [2.75, 3.05) is 40.0 Å². The lowest BCUT2D eigenvalue weighted by molar-refractivity contribution is 0.127. The van der Waals surface area contributed by atoms with Crippen molar-refractivity contribution in [3.05, 3.63) is 54.1 Å². The maximum atomic E-state index is 9.35. The average Bonchev–Trinajstić information content (AvgIpc) is 3.36. The zero-order valence-electron chi connectivity index (χ0n) is 16.6. The second kappa shape index (κ2) is 10.2. The number of nitrogens with one attached hydrogen (secondary N) is 2. The summed E-state index contributed by atoms with van der Waals surface area (Å²) in [5.41, 5.74) is 1.26. The third-order valence-corrected chi connectivity index (χ3v) is 5.32. The molecule has 3 N–H and O–H groups in total. The molecule has 1 aliphatic heterocycles. The molecule has 0 amide bonds. The minimum Gasteiger partial charge on any atom is -0.396 e. The molecule has 1 fully saturated rings. The summed E-state index contributed by atoms with van der Waals surface area (Å²) in [5, 5.41) is 16.1. The minimum absolute atomic E-state index is 0.00168. The van der Waals surface area contributed by atoms with E-state index in [1.54, 1.807) is 7.05 Å². The van der Waals surface area contributed by atoms with E-state index in [9.17, 15) is 5.11 Å². The van der Waals surface area contributed by atoms with E-state index in [4.69, 9.17) is 4.74 Å². The van der Waals surface area contributed by atoms with Crippen molar-refractivity contribution in [1.82, 2.24) is 20.2 Å². The van der Waals surface area contributed by atoms with Gasteiger partial charge in [0.25, 0.3) is 0 Å². The van der Waals surface area contributed by atoms with Gasteiger partial charge in [-0.3, -0.25) is 4.99 Å². The second-order valence-corrected chi connectivity index (χ2v) is 7.34. The summed E-state index contributed by atoms with van der Waals surface area (Å²) >= 11 is 0.